The number of fused-ring (bicyclic) bond motifs is 1. The molecule has 1 heterocycles. The van der Waals surface area contributed by atoms with Crippen LogP contribution in [0.3, 0.4) is 0 Å². The van der Waals surface area contributed by atoms with E-state index in [1.165, 1.54) is 32.1 Å². The highest BCUT2D eigenvalue weighted by Crippen LogP contribution is 2.67. The highest BCUT2D eigenvalue weighted by Gasteiger charge is 2.70. The molecule has 6 heteroatoms. The van der Waals surface area contributed by atoms with Gasteiger partial charge >= 0.3 is 11.9 Å². The largest absolute Gasteiger partial charge is 0.462 e. The average Bonchev–Trinajstić information content (AvgIpc) is 3.57. The summed E-state index contributed by atoms with van der Waals surface area (Å²) in [6.45, 7) is 6.79. The molecule has 0 spiro atoms. The molecule has 5 rings (SSSR count). The molecule has 4 aliphatic carbocycles. The van der Waals surface area contributed by atoms with Crippen LogP contribution in [-0.4, -0.2) is 46.6 Å². The first-order valence-corrected chi connectivity index (χ1v) is 15.1. The molecule has 0 amide bonds. The first-order valence-electron chi connectivity index (χ1n) is 15.1. The normalized spacial score (nSPS) is 43.3. The van der Waals surface area contributed by atoms with Crippen LogP contribution in [-0.2, 0) is 19.1 Å². The maximum Gasteiger partial charge on any atom is 0.331 e. The van der Waals surface area contributed by atoms with Gasteiger partial charge in [0.1, 0.15) is 12.7 Å². The van der Waals surface area contributed by atoms with E-state index in [0.717, 1.165) is 37.7 Å². The maximum atomic E-state index is 13.5. The number of hydrogen-bond acceptors (Lipinski definition) is 6. The molecule has 0 aromatic rings. The third kappa shape index (κ3) is 4.58. The predicted molar refractivity (Wildman–Crippen MR) is 140 cm³/mol. The van der Waals surface area contributed by atoms with Gasteiger partial charge in [0.2, 0.25) is 0 Å². The molecule has 0 bridgehead atoms. The van der Waals surface area contributed by atoms with Crippen LogP contribution in [0.2, 0.25) is 0 Å². The SMILES string of the molecule is C[C@@H]1C[C@@H](OC(=O)C2CCCCC2)[C@@H]2[C@](C)([C@@H](O)CC[C@@]2(C)C2CCCC2)[C@@]1(O)CCC1=CC(=O)OC1. The van der Waals surface area contributed by atoms with Crippen molar-refractivity contribution < 1.29 is 29.3 Å². The quantitative estimate of drug-likeness (QED) is 0.454. The zero-order valence-corrected chi connectivity index (χ0v) is 23.2. The Labute approximate surface area is 222 Å². The number of cyclic esters (lactones) is 1. The van der Waals surface area contributed by atoms with Gasteiger partial charge in [-0.3, -0.25) is 4.79 Å². The van der Waals surface area contributed by atoms with Gasteiger partial charge in [0.05, 0.1) is 17.6 Å². The number of carbonyl (C=O) groups is 2. The lowest BCUT2D eigenvalue weighted by Gasteiger charge is -2.67. The molecule has 0 aromatic carbocycles. The minimum absolute atomic E-state index is 0.0192. The Kier molecular flexibility index (Phi) is 7.56. The van der Waals surface area contributed by atoms with Crippen LogP contribution in [0.5, 0.6) is 0 Å². The van der Waals surface area contributed by atoms with Gasteiger partial charge < -0.3 is 19.7 Å². The Morgan fingerprint density at radius 1 is 1.08 bits per heavy atom. The van der Waals surface area contributed by atoms with Gasteiger partial charge in [0, 0.05) is 17.4 Å². The molecule has 0 aromatic heterocycles. The molecule has 2 N–H and O–H groups in total. The Morgan fingerprint density at radius 3 is 2.41 bits per heavy atom. The number of ether oxygens (including phenoxy) is 2. The summed E-state index contributed by atoms with van der Waals surface area (Å²) < 4.78 is 11.6. The summed E-state index contributed by atoms with van der Waals surface area (Å²) in [5.74, 6) is -0.155. The minimum atomic E-state index is -1.14. The van der Waals surface area contributed by atoms with E-state index in [1.807, 2.05) is 0 Å². The van der Waals surface area contributed by atoms with Gasteiger partial charge in [-0.05, 0) is 80.6 Å². The van der Waals surface area contributed by atoms with Gasteiger partial charge in [-0.15, -0.1) is 0 Å². The van der Waals surface area contributed by atoms with Crippen LogP contribution in [0.25, 0.3) is 0 Å². The molecule has 1 aliphatic heterocycles. The van der Waals surface area contributed by atoms with Crippen molar-refractivity contribution in [3.63, 3.8) is 0 Å². The highest BCUT2D eigenvalue weighted by atomic mass is 16.5. The van der Waals surface area contributed by atoms with Crippen LogP contribution >= 0.6 is 0 Å². The van der Waals surface area contributed by atoms with E-state index >= 15 is 0 Å². The number of carbonyl (C=O) groups excluding carboxylic acids is 2. The van der Waals surface area contributed by atoms with Crippen molar-refractivity contribution in [2.24, 2.45) is 34.5 Å². The van der Waals surface area contributed by atoms with E-state index in [0.29, 0.717) is 31.6 Å². The van der Waals surface area contributed by atoms with Crippen molar-refractivity contribution in [3.8, 4) is 0 Å². The van der Waals surface area contributed by atoms with Crippen LogP contribution in [0.4, 0.5) is 0 Å². The van der Waals surface area contributed by atoms with Crippen molar-refractivity contribution in [1.82, 2.24) is 0 Å². The standard InChI is InChI=1S/C31H48O6/c1-20-17-24(37-28(34)22-9-5-4-6-10-22)27-29(2,23-11-7-8-12-23)15-14-25(32)30(27,3)31(20,35)16-13-21-18-26(33)36-19-21/h18,20,22-25,27,32,35H,4-17,19H2,1-3H3/t20-,24-,25+,27+,29+,30+,31-/m1/s1. The lowest BCUT2D eigenvalue weighted by atomic mass is 9.40. The zero-order valence-electron chi connectivity index (χ0n) is 23.2. The molecule has 0 saturated heterocycles. The zero-order chi connectivity index (χ0) is 26.4. The van der Waals surface area contributed by atoms with Crippen molar-refractivity contribution in [1.29, 1.82) is 0 Å². The second-order valence-corrected chi connectivity index (χ2v) is 13.6. The highest BCUT2D eigenvalue weighted by molar-refractivity contribution is 5.85. The summed E-state index contributed by atoms with van der Waals surface area (Å²) in [5.41, 5.74) is -1.17. The monoisotopic (exact) mass is 516 g/mol. The van der Waals surface area contributed by atoms with Crippen molar-refractivity contribution in [2.75, 3.05) is 6.61 Å². The van der Waals surface area contributed by atoms with Gasteiger partial charge in [-0.2, -0.15) is 0 Å². The molecular weight excluding hydrogens is 468 g/mol. The fraction of sp³-hybridized carbons (Fsp3) is 0.871. The van der Waals surface area contributed by atoms with Crippen LogP contribution in [0.1, 0.15) is 111 Å². The molecule has 4 fully saturated rings. The van der Waals surface area contributed by atoms with Gasteiger partial charge in [0.15, 0.2) is 0 Å². The van der Waals surface area contributed by atoms with Crippen molar-refractivity contribution >= 4 is 11.9 Å². The Bertz CT molecular complexity index is 901. The molecule has 6 nitrogen and oxygen atoms in total. The summed E-state index contributed by atoms with van der Waals surface area (Å²) in [6.07, 6.45) is 13.7. The summed E-state index contributed by atoms with van der Waals surface area (Å²) in [5, 5.41) is 24.3. The average molecular weight is 517 g/mol. The fourth-order valence-corrected chi connectivity index (χ4v) is 9.54. The lowest BCUT2D eigenvalue weighted by molar-refractivity contribution is -0.290. The minimum Gasteiger partial charge on any atom is -0.462 e. The summed E-state index contributed by atoms with van der Waals surface area (Å²) >= 11 is 0. The van der Waals surface area contributed by atoms with Gasteiger partial charge in [-0.25, -0.2) is 4.79 Å². The molecule has 0 unspecified atom stereocenters. The first kappa shape index (κ1) is 27.2. The topological polar surface area (TPSA) is 93.1 Å². The van der Waals surface area contributed by atoms with E-state index in [4.69, 9.17) is 9.47 Å². The predicted octanol–water partition coefficient (Wildman–Crippen LogP) is 5.49. The van der Waals surface area contributed by atoms with Crippen LogP contribution < -0.4 is 0 Å². The Hall–Kier alpha value is -1.40. The summed E-state index contributed by atoms with van der Waals surface area (Å²) in [7, 11) is 0. The molecule has 0 radical (unpaired) electrons. The number of esters is 2. The van der Waals surface area contributed by atoms with E-state index in [9.17, 15) is 19.8 Å². The van der Waals surface area contributed by atoms with E-state index in [2.05, 4.69) is 20.8 Å². The van der Waals surface area contributed by atoms with Crippen molar-refractivity contribution in [3.05, 3.63) is 11.6 Å². The molecular formula is C31H48O6. The number of hydrogen-bond donors (Lipinski definition) is 2. The Balaban J connectivity index is 1.50. The van der Waals surface area contributed by atoms with E-state index < -0.39 is 17.1 Å². The molecule has 208 valence electrons. The lowest BCUT2D eigenvalue weighted by Crippen LogP contribution is -2.72. The summed E-state index contributed by atoms with van der Waals surface area (Å²) in [4.78, 5) is 25.1. The summed E-state index contributed by atoms with van der Waals surface area (Å²) in [6, 6.07) is 0. The second-order valence-electron chi connectivity index (χ2n) is 13.6. The maximum absolute atomic E-state index is 13.5. The van der Waals surface area contributed by atoms with E-state index in [-0.39, 0.29) is 47.8 Å². The molecule has 37 heavy (non-hydrogen) atoms. The van der Waals surface area contributed by atoms with Crippen molar-refractivity contribution in [2.45, 2.75) is 128 Å². The first-order chi connectivity index (χ1) is 17.6. The smallest absolute Gasteiger partial charge is 0.331 e. The molecule has 5 aliphatic rings. The number of rotatable bonds is 6. The van der Waals surface area contributed by atoms with E-state index in [1.54, 1.807) is 6.08 Å². The second kappa shape index (κ2) is 10.3. The third-order valence-corrected chi connectivity index (χ3v) is 11.8. The Morgan fingerprint density at radius 2 is 1.76 bits per heavy atom. The molecule has 4 saturated carbocycles. The van der Waals surface area contributed by atoms with Crippen LogP contribution in [0.15, 0.2) is 11.6 Å². The number of aliphatic hydroxyl groups is 2. The molecule has 7 atom stereocenters. The van der Waals surface area contributed by atoms with Gasteiger partial charge in [-0.1, -0.05) is 52.9 Å². The van der Waals surface area contributed by atoms with Crippen LogP contribution in [0, 0.1) is 34.5 Å². The third-order valence-electron chi connectivity index (χ3n) is 11.8. The van der Waals surface area contributed by atoms with Gasteiger partial charge in [0.25, 0.3) is 0 Å². The fourth-order valence-electron chi connectivity index (χ4n) is 9.54. The number of aliphatic hydroxyl groups excluding tert-OH is 1.